The molecule has 0 atom stereocenters. The number of hydrogen-bond donors (Lipinski definition) is 1. The van der Waals surface area contributed by atoms with Gasteiger partial charge in [0.05, 0.1) is 23.3 Å². The number of ether oxygens (including phenoxy) is 1. The summed E-state index contributed by atoms with van der Waals surface area (Å²) in [6, 6.07) is 13.6. The number of nitrogens with two attached hydrogens (primary N) is 1. The number of fused-ring (bicyclic) bond motifs is 2. The van der Waals surface area contributed by atoms with Crippen molar-refractivity contribution in [1.82, 2.24) is 14.5 Å². The summed E-state index contributed by atoms with van der Waals surface area (Å²) < 4.78 is 7.03. The average molecular weight is 360 g/mol. The number of carbonyl (C=O) groups excluding carboxylic acids is 1. The number of para-hydroxylation sites is 2. The van der Waals surface area contributed by atoms with E-state index in [1.54, 1.807) is 11.5 Å². The number of hydrogen-bond acceptors (Lipinski definition) is 5. The molecule has 0 amide bonds. The van der Waals surface area contributed by atoms with Crippen LogP contribution in [0, 0.1) is 13.8 Å². The Morgan fingerprint density at radius 1 is 1.11 bits per heavy atom. The smallest absolute Gasteiger partial charge is 0.344 e. The number of anilines is 1. The molecule has 2 aromatic carbocycles. The standard InChI is InChI=1S/C21H20N4O2/c1-4-27-21(26)17-18-20(24-15-8-6-5-7-14(15)23-18)25(19(17)22)16-11-12(2)9-10-13(16)3/h5-11H,4,22H2,1-3H3. The van der Waals surface area contributed by atoms with Gasteiger partial charge in [0.15, 0.2) is 5.65 Å². The second-order valence-corrected chi connectivity index (χ2v) is 6.49. The number of aryl methyl sites for hydroxylation is 2. The number of nitrogen functional groups attached to an aromatic ring is 1. The molecule has 0 bridgehead atoms. The number of rotatable bonds is 3. The first-order chi connectivity index (χ1) is 13.0. The Hall–Kier alpha value is -3.41. The minimum Gasteiger partial charge on any atom is -0.462 e. The Bertz CT molecular complexity index is 1190. The van der Waals surface area contributed by atoms with Crippen LogP contribution >= 0.6 is 0 Å². The molecule has 27 heavy (non-hydrogen) atoms. The Kier molecular flexibility index (Phi) is 4.03. The van der Waals surface area contributed by atoms with Gasteiger partial charge >= 0.3 is 5.97 Å². The van der Waals surface area contributed by atoms with E-state index in [9.17, 15) is 4.79 Å². The number of aromatic nitrogens is 3. The van der Waals surface area contributed by atoms with E-state index in [4.69, 9.17) is 15.5 Å². The molecule has 0 unspecified atom stereocenters. The fourth-order valence-corrected chi connectivity index (χ4v) is 3.27. The second kappa shape index (κ2) is 6.39. The first kappa shape index (κ1) is 17.0. The highest BCUT2D eigenvalue weighted by Gasteiger charge is 2.26. The maximum absolute atomic E-state index is 12.6. The van der Waals surface area contributed by atoms with Gasteiger partial charge in [-0.25, -0.2) is 14.8 Å². The van der Waals surface area contributed by atoms with Crippen molar-refractivity contribution >= 4 is 34.0 Å². The number of esters is 1. The number of carbonyl (C=O) groups is 1. The zero-order chi connectivity index (χ0) is 19.1. The highest BCUT2D eigenvalue weighted by atomic mass is 16.5. The fourth-order valence-electron chi connectivity index (χ4n) is 3.27. The van der Waals surface area contributed by atoms with E-state index in [0.29, 0.717) is 16.7 Å². The summed E-state index contributed by atoms with van der Waals surface area (Å²) in [6.45, 7) is 6.03. The van der Waals surface area contributed by atoms with Gasteiger partial charge in [0, 0.05) is 0 Å². The normalized spacial score (nSPS) is 11.2. The molecule has 0 aliphatic carbocycles. The lowest BCUT2D eigenvalue weighted by Crippen LogP contribution is -2.09. The average Bonchev–Trinajstić information content (AvgIpc) is 2.93. The van der Waals surface area contributed by atoms with Crippen LogP contribution in [0.1, 0.15) is 28.4 Å². The van der Waals surface area contributed by atoms with Gasteiger partial charge in [0.2, 0.25) is 0 Å². The van der Waals surface area contributed by atoms with Gasteiger partial charge in [0.1, 0.15) is 16.9 Å². The fraction of sp³-hybridized carbons (Fsp3) is 0.190. The zero-order valence-electron chi connectivity index (χ0n) is 15.5. The SMILES string of the molecule is CCOC(=O)c1c(N)n(-c2cc(C)ccc2C)c2nc3ccccc3nc12. The maximum atomic E-state index is 12.6. The molecule has 2 heterocycles. The van der Waals surface area contributed by atoms with Gasteiger partial charge in [-0.05, 0) is 50.1 Å². The molecule has 0 aliphatic rings. The van der Waals surface area contributed by atoms with E-state index >= 15 is 0 Å². The summed E-state index contributed by atoms with van der Waals surface area (Å²) in [5.74, 6) is -0.207. The molecule has 4 rings (SSSR count). The summed E-state index contributed by atoms with van der Waals surface area (Å²) in [6.07, 6.45) is 0. The van der Waals surface area contributed by atoms with Crippen LogP contribution in [0.4, 0.5) is 5.82 Å². The highest BCUT2D eigenvalue weighted by molar-refractivity contribution is 6.09. The molecule has 0 radical (unpaired) electrons. The molecule has 0 saturated carbocycles. The van der Waals surface area contributed by atoms with Crippen LogP contribution in [0.3, 0.4) is 0 Å². The summed E-state index contributed by atoms with van der Waals surface area (Å²) >= 11 is 0. The third-order valence-electron chi connectivity index (χ3n) is 4.58. The molecule has 0 fully saturated rings. The summed E-state index contributed by atoms with van der Waals surface area (Å²) in [7, 11) is 0. The van der Waals surface area contributed by atoms with Crippen molar-refractivity contribution in [2.24, 2.45) is 0 Å². The van der Waals surface area contributed by atoms with E-state index < -0.39 is 5.97 Å². The minimum absolute atomic E-state index is 0.256. The first-order valence-corrected chi connectivity index (χ1v) is 8.82. The van der Waals surface area contributed by atoms with Gasteiger partial charge in [-0.3, -0.25) is 4.57 Å². The summed E-state index contributed by atoms with van der Waals surface area (Å²) in [5.41, 5.74) is 12.1. The van der Waals surface area contributed by atoms with Gasteiger partial charge in [0.25, 0.3) is 0 Å². The molecule has 2 N–H and O–H groups in total. The monoisotopic (exact) mass is 360 g/mol. The zero-order valence-corrected chi connectivity index (χ0v) is 15.5. The molecule has 6 nitrogen and oxygen atoms in total. The van der Waals surface area contributed by atoms with Crippen molar-refractivity contribution in [3.05, 3.63) is 59.2 Å². The topological polar surface area (TPSA) is 83.0 Å². The predicted octanol–water partition coefficient (Wildman–Crippen LogP) is 3.95. The van der Waals surface area contributed by atoms with Gasteiger partial charge in [-0.15, -0.1) is 0 Å². The first-order valence-electron chi connectivity index (χ1n) is 8.82. The molecular formula is C21H20N4O2. The van der Waals surface area contributed by atoms with E-state index in [1.807, 2.05) is 56.3 Å². The van der Waals surface area contributed by atoms with Crippen LogP contribution in [0.25, 0.3) is 27.9 Å². The van der Waals surface area contributed by atoms with Crippen LogP contribution in [0.2, 0.25) is 0 Å². The molecule has 2 aromatic heterocycles. The lowest BCUT2D eigenvalue weighted by Gasteiger charge is -2.12. The summed E-state index contributed by atoms with van der Waals surface area (Å²) in [4.78, 5) is 22.1. The van der Waals surface area contributed by atoms with Crippen LogP contribution in [-0.4, -0.2) is 27.1 Å². The number of nitrogens with zero attached hydrogens (tertiary/aromatic N) is 3. The molecule has 4 aromatic rings. The molecule has 0 saturated heterocycles. The third-order valence-corrected chi connectivity index (χ3v) is 4.58. The largest absolute Gasteiger partial charge is 0.462 e. The van der Waals surface area contributed by atoms with Crippen molar-refractivity contribution in [2.75, 3.05) is 12.3 Å². The Labute approximate surface area is 156 Å². The minimum atomic E-state index is -0.492. The van der Waals surface area contributed by atoms with Gasteiger partial charge < -0.3 is 10.5 Å². The quantitative estimate of drug-likeness (QED) is 0.559. The van der Waals surface area contributed by atoms with Crippen LogP contribution in [-0.2, 0) is 4.74 Å². The van der Waals surface area contributed by atoms with Crippen LogP contribution in [0.15, 0.2) is 42.5 Å². The number of benzene rings is 2. The lowest BCUT2D eigenvalue weighted by atomic mass is 10.1. The highest BCUT2D eigenvalue weighted by Crippen LogP contribution is 2.32. The summed E-state index contributed by atoms with van der Waals surface area (Å²) in [5, 5.41) is 0. The van der Waals surface area contributed by atoms with Crippen molar-refractivity contribution in [3.63, 3.8) is 0 Å². The Morgan fingerprint density at radius 3 is 2.52 bits per heavy atom. The Balaban J connectivity index is 2.14. The molecular weight excluding hydrogens is 340 g/mol. The third kappa shape index (κ3) is 2.70. The van der Waals surface area contributed by atoms with E-state index in [-0.39, 0.29) is 18.0 Å². The van der Waals surface area contributed by atoms with Crippen molar-refractivity contribution < 1.29 is 9.53 Å². The second-order valence-electron chi connectivity index (χ2n) is 6.49. The maximum Gasteiger partial charge on any atom is 0.344 e. The van der Waals surface area contributed by atoms with Crippen molar-refractivity contribution in [2.45, 2.75) is 20.8 Å². The van der Waals surface area contributed by atoms with Crippen LogP contribution in [0.5, 0.6) is 0 Å². The molecule has 0 spiro atoms. The Morgan fingerprint density at radius 2 is 1.81 bits per heavy atom. The van der Waals surface area contributed by atoms with Crippen LogP contribution < -0.4 is 5.73 Å². The van der Waals surface area contributed by atoms with E-state index in [2.05, 4.69) is 4.98 Å². The lowest BCUT2D eigenvalue weighted by molar-refractivity contribution is 0.0529. The van der Waals surface area contributed by atoms with Gasteiger partial charge in [-0.2, -0.15) is 0 Å². The van der Waals surface area contributed by atoms with E-state index in [0.717, 1.165) is 22.3 Å². The molecule has 136 valence electrons. The van der Waals surface area contributed by atoms with Gasteiger partial charge in [-0.1, -0.05) is 24.3 Å². The van der Waals surface area contributed by atoms with E-state index in [1.165, 1.54) is 0 Å². The predicted molar refractivity (Wildman–Crippen MR) is 106 cm³/mol. The van der Waals surface area contributed by atoms with Crippen molar-refractivity contribution in [3.8, 4) is 5.69 Å². The molecule has 6 heteroatoms. The molecule has 0 aliphatic heterocycles. The van der Waals surface area contributed by atoms with Crippen molar-refractivity contribution in [1.29, 1.82) is 0 Å².